The summed E-state index contributed by atoms with van der Waals surface area (Å²) in [4.78, 5) is 16.7. The smallest absolute Gasteiger partial charge is 0.293 e. The average molecular weight is 278 g/mol. The van der Waals surface area contributed by atoms with Crippen LogP contribution in [0.3, 0.4) is 0 Å². The Kier molecular flexibility index (Phi) is 4.48. The minimum absolute atomic E-state index is 0.0317. The van der Waals surface area contributed by atoms with Crippen molar-refractivity contribution in [2.45, 2.75) is 64.1 Å². The van der Waals surface area contributed by atoms with Gasteiger partial charge in [-0.2, -0.15) is 0 Å². The van der Waals surface area contributed by atoms with Gasteiger partial charge < -0.3 is 15.2 Å². The molecule has 0 saturated heterocycles. The molecule has 1 fully saturated rings. The van der Waals surface area contributed by atoms with Crippen LogP contribution >= 0.6 is 0 Å². The lowest BCUT2D eigenvalue weighted by Gasteiger charge is -2.29. The van der Waals surface area contributed by atoms with Gasteiger partial charge in [0.05, 0.1) is 0 Å². The molecular weight excluding hydrogens is 252 g/mol. The van der Waals surface area contributed by atoms with Gasteiger partial charge in [-0.3, -0.25) is 4.79 Å². The molecule has 112 valence electrons. The first kappa shape index (κ1) is 15.0. The minimum Gasteiger partial charge on any atom is -0.363 e. The summed E-state index contributed by atoms with van der Waals surface area (Å²) >= 11 is 0. The van der Waals surface area contributed by atoms with Gasteiger partial charge in [0.1, 0.15) is 0 Å². The molecule has 0 unspecified atom stereocenters. The summed E-state index contributed by atoms with van der Waals surface area (Å²) in [5.41, 5.74) is -0.254. The number of anilines is 1. The van der Waals surface area contributed by atoms with Crippen LogP contribution in [0.4, 0.5) is 5.82 Å². The molecule has 1 saturated carbocycles. The lowest BCUT2D eigenvalue weighted by Crippen LogP contribution is -2.39. The van der Waals surface area contributed by atoms with Crippen molar-refractivity contribution >= 4 is 5.82 Å². The van der Waals surface area contributed by atoms with E-state index in [2.05, 4.69) is 15.6 Å². The predicted octanol–water partition coefficient (Wildman–Crippen LogP) is 1.94. The lowest BCUT2D eigenvalue weighted by molar-refractivity contribution is 0.367. The molecule has 5 heteroatoms. The molecule has 2 rings (SSSR count). The van der Waals surface area contributed by atoms with Gasteiger partial charge in [-0.05, 0) is 53.5 Å². The summed E-state index contributed by atoms with van der Waals surface area (Å²) in [6.07, 6.45) is 7.91. The highest BCUT2D eigenvalue weighted by molar-refractivity contribution is 5.32. The third-order valence-corrected chi connectivity index (χ3v) is 4.04. The summed E-state index contributed by atoms with van der Waals surface area (Å²) < 4.78 is 1.74. The van der Waals surface area contributed by atoms with Gasteiger partial charge in [0.15, 0.2) is 5.82 Å². The predicted molar refractivity (Wildman–Crippen MR) is 82.2 cm³/mol. The molecule has 2 N–H and O–H groups in total. The molecule has 0 aliphatic heterocycles. The van der Waals surface area contributed by atoms with E-state index in [1.54, 1.807) is 17.0 Å². The average Bonchev–Trinajstić information content (AvgIpc) is 2.40. The Morgan fingerprint density at radius 2 is 1.80 bits per heavy atom. The lowest BCUT2D eigenvalue weighted by atomic mass is 9.91. The second-order valence-electron chi connectivity index (χ2n) is 6.60. The van der Waals surface area contributed by atoms with Gasteiger partial charge in [-0.15, -0.1) is 0 Å². The third-order valence-electron chi connectivity index (χ3n) is 4.04. The number of rotatable bonds is 3. The fourth-order valence-electron chi connectivity index (χ4n) is 2.76. The molecule has 1 aliphatic rings. The van der Waals surface area contributed by atoms with Crippen molar-refractivity contribution in [3.63, 3.8) is 0 Å². The highest BCUT2D eigenvalue weighted by Crippen LogP contribution is 2.20. The Balaban J connectivity index is 2.09. The van der Waals surface area contributed by atoms with E-state index >= 15 is 0 Å². The van der Waals surface area contributed by atoms with Crippen molar-refractivity contribution in [2.24, 2.45) is 0 Å². The Hall–Kier alpha value is -1.36. The van der Waals surface area contributed by atoms with Crippen molar-refractivity contribution in [3.05, 3.63) is 22.7 Å². The molecule has 20 heavy (non-hydrogen) atoms. The first-order chi connectivity index (χ1) is 9.41. The molecule has 0 aromatic carbocycles. The largest absolute Gasteiger partial charge is 0.363 e. The van der Waals surface area contributed by atoms with Crippen molar-refractivity contribution in [3.8, 4) is 0 Å². The summed E-state index contributed by atoms with van der Waals surface area (Å²) in [5.74, 6) is 0.482. The van der Waals surface area contributed by atoms with Crippen LogP contribution in [-0.2, 0) is 5.54 Å². The van der Waals surface area contributed by atoms with Crippen LogP contribution in [0.1, 0.15) is 46.5 Å². The molecule has 1 aromatic heterocycles. The Morgan fingerprint density at radius 1 is 1.20 bits per heavy atom. The van der Waals surface area contributed by atoms with E-state index in [0.29, 0.717) is 17.9 Å². The second kappa shape index (κ2) is 5.95. The maximum atomic E-state index is 12.4. The van der Waals surface area contributed by atoms with Crippen LogP contribution in [0.15, 0.2) is 17.2 Å². The highest BCUT2D eigenvalue weighted by Gasteiger charge is 2.22. The van der Waals surface area contributed by atoms with E-state index in [1.807, 2.05) is 27.8 Å². The number of aromatic nitrogens is 2. The Labute approximate surface area is 120 Å². The topological polar surface area (TPSA) is 59.0 Å². The van der Waals surface area contributed by atoms with Gasteiger partial charge in [0, 0.05) is 30.0 Å². The van der Waals surface area contributed by atoms with E-state index in [1.165, 1.54) is 0 Å². The third kappa shape index (κ3) is 3.39. The van der Waals surface area contributed by atoms with Gasteiger partial charge in [-0.25, -0.2) is 4.98 Å². The van der Waals surface area contributed by atoms with E-state index in [4.69, 9.17) is 0 Å². The van der Waals surface area contributed by atoms with Crippen LogP contribution in [0.2, 0.25) is 0 Å². The zero-order valence-electron chi connectivity index (χ0n) is 12.9. The summed E-state index contributed by atoms with van der Waals surface area (Å²) in [5, 5.41) is 6.65. The molecule has 5 nitrogen and oxygen atoms in total. The normalized spacial score (nSPS) is 23.6. The van der Waals surface area contributed by atoms with Gasteiger partial charge in [0.2, 0.25) is 0 Å². The Morgan fingerprint density at radius 3 is 2.35 bits per heavy atom. The first-order valence-corrected chi connectivity index (χ1v) is 7.44. The van der Waals surface area contributed by atoms with Crippen molar-refractivity contribution in [1.82, 2.24) is 14.9 Å². The SMILES string of the molecule is CNC1CCC(Nc2nccn(C(C)(C)C)c2=O)CC1. The van der Waals surface area contributed by atoms with Crippen molar-refractivity contribution in [2.75, 3.05) is 12.4 Å². The monoisotopic (exact) mass is 278 g/mol. The fraction of sp³-hybridized carbons (Fsp3) is 0.733. The number of hydrogen-bond acceptors (Lipinski definition) is 4. The van der Waals surface area contributed by atoms with Gasteiger partial charge >= 0.3 is 0 Å². The molecule has 0 radical (unpaired) electrons. The van der Waals surface area contributed by atoms with E-state index in [0.717, 1.165) is 25.7 Å². The first-order valence-electron chi connectivity index (χ1n) is 7.44. The van der Waals surface area contributed by atoms with Crippen molar-refractivity contribution in [1.29, 1.82) is 0 Å². The number of nitrogens with zero attached hydrogens (tertiary/aromatic N) is 2. The maximum Gasteiger partial charge on any atom is 0.293 e. The molecule has 0 amide bonds. The van der Waals surface area contributed by atoms with Crippen LogP contribution < -0.4 is 16.2 Å². The zero-order valence-corrected chi connectivity index (χ0v) is 12.9. The Bertz CT molecular complexity index is 495. The van der Waals surface area contributed by atoms with Crippen LogP contribution in [0.25, 0.3) is 0 Å². The molecule has 1 aromatic rings. The molecule has 0 spiro atoms. The molecule has 1 aliphatic carbocycles. The summed E-state index contributed by atoms with van der Waals surface area (Å²) in [7, 11) is 2.01. The fourth-order valence-corrected chi connectivity index (χ4v) is 2.76. The van der Waals surface area contributed by atoms with Crippen LogP contribution in [-0.4, -0.2) is 28.7 Å². The number of nitrogens with one attached hydrogen (secondary N) is 2. The highest BCUT2D eigenvalue weighted by atomic mass is 16.1. The van der Waals surface area contributed by atoms with Gasteiger partial charge in [0.25, 0.3) is 5.56 Å². The summed E-state index contributed by atoms with van der Waals surface area (Å²) in [6, 6.07) is 0.971. The van der Waals surface area contributed by atoms with Crippen LogP contribution in [0.5, 0.6) is 0 Å². The molecule has 0 bridgehead atoms. The summed E-state index contributed by atoms with van der Waals surface area (Å²) in [6.45, 7) is 6.07. The minimum atomic E-state index is -0.222. The molecular formula is C15H26N4O. The maximum absolute atomic E-state index is 12.4. The second-order valence-corrected chi connectivity index (χ2v) is 6.60. The molecule has 1 heterocycles. The van der Waals surface area contributed by atoms with E-state index in [9.17, 15) is 4.79 Å². The zero-order chi connectivity index (χ0) is 14.8. The van der Waals surface area contributed by atoms with E-state index < -0.39 is 0 Å². The van der Waals surface area contributed by atoms with Crippen molar-refractivity contribution < 1.29 is 0 Å². The number of hydrogen-bond donors (Lipinski definition) is 2. The quantitative estimate of drug-likeness (QED) is 0.887. The van der Waals surface area contributed by atoms with Gasteiger partial charge in [-0.1, -0.05) is 0 Å². The van der Waals surface area contributed by atoms with E-state index in [-0.39, 0.29) is 11.1 Å². The van der Waals surface area contributed by atoms with Crippen LogP contribution in [0, 0.1) is 0 Å². The molecule has 0 atom stereocenters. The standard InChI is InChI=1S/C15H26N4O/c1-15(2,3)19-10-9-17-13(14(19)20)18-12-7-5-11(16-4)6-8-12/h9-12,16H,5-8H2,1-4H3,(H,17,18).